The zero-order valence-corrected chi connectivity index (χ0v) is 22.1. The molecular formula is C27H30ClN3O4S. The van der Waals surface area contributed by atoms with Crippen molar-refractivity contribution < 1.29 is 18.0 Å². The Morgan fingerprint density at radius 2 is 1.56 bits per heavy atom. The molecule has 9 heteroatoms. The zero-order valence-electron chi connectivity index (χ0n) is 20.5. The van der Waals surface area contributed by atoms with E-state index in [4.69, 9.17) is 11.6 Å². The molecule has 3 rings (SSSR count). The number of carbonyl (C=O) groups excluding carboxylic acids is 2. The predicted molar refractivity (Wildman–Crippen MR) is 142 cm³/mol. The first-order chi connectivity index (χ1) is 17.1. The quantitative estimate of drug-likeness (QED) is 0.423. The van der Waals surface area contributed by atoms with Crippen LogP contribution in [0.25, 0.3) is 0 Å². The average molecular weight is 528 g/mol. The summed E-state index contributed by atoms with van der Waals surface area (Å²) in [6, 6.07) is 21.1. The lowest BCUT2D eigenvalue weighted by atomic mass is 10.1. The van der Waals surface area contributed by atoms with E-state index in [1.54, 1.807) is 38.1 Å². The number of benzene rings is 3. The summed E-state index contributed by atoms with van der Waals surface area (Å²) in [6.07, 6.45) is 0. The third-order valence-electron chi connectivity index (χ3n) is 5.72. The van der Waals surface area contributed by atoms with Crippen LogP contribution in [0.4, 0.5) is 5.69 Å². The van der Waals surface area contributed by atoms with Crippen LogP contribution < -0.4 is 9.62 Å². The van der Waals surface area contributed by atoms with E-state index in [-0.39, 0.29) is 17.3 Å². The highest BCUT2D eigenvalue weighted by atomic mass is 35.5. The first-order valence-electron chi connectivity index (χ1n) is 11.6. The van der Waals surface area contributed by atoms with Crippen molar-refractivity contribution in [3.05, 3.63) is 95.0 Å². The summed E-state index contributed by atoms with van der Waals surface area (Å²) < 4.78 is 28.4. The summed E-state index contributed by atoms with van der Waals surface area (Å²) in [4.78, 5) is 27.8. The summed E-state index contributed by atoms with van der Waals surface area (Å²) in [5, 5.41) is 3.14. The molecule has 0 aromatic heterocycles. The Kier molecular flexibility index (Phi) is 9.12. The van der Waals surface area contributed by atoms with Crippen molar-refractivity contribution in [3.8, 4) is 0 Å². The third-order valence-corrected chi connectivity index (χ3v) is 7.76. The summed E-state index contributed by atoms with van der Waals surface area (Å²) >= 11 is 5.96. The molecule has 36 heavy (non-hydrogen) atoms. The minimum absolute atomic E-state index is 0.00617. The zero-order chi connectivity index (χ0) is 26.3. The third kappa shape index (κ3) is 6.65. The minimum atomic E-state index is -4.11. The number of sulfonamides is 1. The molecule has 0 spiro atoms. The molecule has 0 heterocycles. The van der Waals surface area contributed by atoms with Crippen molar-refractivity contribution in [2.45, 2.75) is 38.3 Å². The Morgan fingerprint density at radius 3 is 2.14 bits per heavy atom. The monoisotopic (exact) mass is 527 g/mol. The van der Waals surface area contributed by atoms with Crippen LogP contribution in [0, 0.1) is 6.92 Å². The Bertz CT molecular complexity index is 1280. The van der Waals surface area contributed by atoms with Gasteiger partial charge in [-0.25, -0.2) is 8.42 Å². The lowest BCUT2D eigenvalue weighted by molar-refractivity contribution is -0.139. The van der Waals surface area contributed by atoms with E-state index in [1.807, 2.05) is 37.3 Å². The molecule has 1 unspecified atom stereocenters. The van der Waals surface area contributed by atoms with Crippen molar-refractivity contribution in [2.24, 2.45) is 0 Å². The van der Waals surface area contributed by atoms with Crippen LogP contribution in [-0.4, -0.2) is 44.3 Å². The number of nitrogens with zero attached hydrogens (tertiary/aromatic N) is 2. The van der Waals surface area contributed by atoms with Crippen LogP contribution in [-0.2, 0) is 26.2 Å². The van der Waals surface area contributed by atoms with Gasteiger partial charge < -0.3 is 10.2 Å². The number of hydrogen-bond acceptors (Lipinski definition) is 4. The molecule has 0 aliphatic heterocycles. The number of anilines is 1. The van der Waals surface area contributed by atoms with Crippen LogP contribution in [0.3, 0.4) is 0 Å². The van der Waals surface area contributed by atoms with Gasteiger partial charge in [-0.2, -0.15) is 0 Å². The van der Waals surface area contributed by atoms with Crippen LogP contribution >= 0.6 is 11.6 Å². The van der Waals surface area contributed by atoms with Crippen molar-refractivity contribution in [1.82, 2.24) is 10.2 Å². The summed E-state index contributed by atoms with van der Waals surface area (Å²) in [7, 11) is -4.11. The molecule has 0 saturated heterocycles. The molecular weight excluding hydrogens is 498 g/mol. The summed E-state index contributed by atoms with van der Waals surface area (Å²) in [6.45, 7) is 5.41. The van der Waals surface area contributed by atoms with Crippen LogP contribution in [0.5, 0.6) is 0 Å². The maximum atomic E-state index is 13.7. The Hall–Kier alpha value is -3.36. The van der Waals surface area contributed by atoms with Gasteiger partial charge in [-0.15, -0.1) is 0 Å². The topological polar surface area (TPSA) is 86.8 Å². The number of hydrogen-bond donors (Lipinski definition) is 1. The fraction of sp³-hybridized carbons (Fsp3) is 0.259. The smallest absolute Gasteiger partial charge is 0.264 e. The largest absolute Gasteiger partial charge is 0.355 e. The maximum Gasteiger partial charge on any atom is 0.264 e. The normalized spacial score (nSPS) is 12.0. The second-order valence-electron chi connectivity index (χ2n) is 8.38. The van der Waals surface area contributed by atoms with Gasteiger partial charge in [0.2, 0.25) is 11.8 Å². The molecule has 3 aromatic carbocycles. The molecule has 0 fully saturated rings. The number of likely N-dealkylation sites (N-methyl/N-ethyl adjacent to an activating group) is 1. The lowest BCUT2D eigenvalue weighted by Crippen LogP contribution is -2.51. The number of amides is 2. The first-order valence-corrected chi connectivity index (χ1v) is 13.4. The predicted octanol–water partition coefficient (Wildman–Crippen LogP) is 4.40. The molecule has 0 radical (unpaired) electrons. The van der Waals surface area contributed by atoms with Crippen molar-refractivity contribution >= 4 is 39.1 Å². The van der Waals surface area contributed by atoms with Gasteiger partial charge in [0.25, 0.3) is 10.0 Å². The molecule has 3 aromatic rings. The molecule has 0 bridgehead atoms. The van der Waals surface area contributed by atoms with Gasteiger partial charge >= 0.3 is 0 Å². The molecule has 1 N–H and O–H groups in total. The van der Waals surface area contributed by atoms with Gasteiger partial charge in [0.05, 0.1) is 10.6 Å². The highest BCUT2D eigenvalue weighted by Crippen LogP contribution is 2.26. The highest BCUT2D eigenvalue weighted by molar-refractivity contribution is 7.92. The summed E-state index contributed by atoms with van der Waals surface area (Å²) in [5.41, 5.74) is 2.11. The van der Waals surface area contributed by atoms with E-state index < -0.39 is 28.5 Å². The number of nitrogens with one attached hydrogen (secondary N) is 1. The van der Waals surface area contributed by atoms with E-state index in [9.17, 15) is 18.0 Å². The van der Waals surface area contributed by atoms with E-state index in [0.29, 0.717) is 17.3 Å². The van der Waals surface area contributed by atoms with Crippen LogP contribution in [0.1, 0.15) is 25.0 Å². The second-order valence-corrected chi connectivity index (χ2v) is 10.7. The van der Waals surface area contributed by atoms with E-state index in [1.165, 1.54) is 29.2 Å². The van der Waals surface area contributed by atoms with Gasteiger partial charge in [0, 0.05) is 18.1 Å². The van der Waals surface area contributed by atoms with E-state index in [2.05, 4.69) is 5.32 Å². The molecule has 1 atom stereocenters. The molecule has 0 aliphatic rings. The van der Waals surface area contributed by atoms with Gasteiger partial charge in [-0.05, 0) is 62.7 Å². The Morgan fingerprint density at radius 1 is 0.944 bits per heavy atom. The fourth-order valence-corrected chi connectivity index (χ4v) is 5.20. The van der Waals surface area contributed by atoms with Gasteiger partial charge in [-0.1, -0.05) is 59.6 Å². The lowest BCUT2D eigenvalue weighted by Gasteiger charge is -2.32. The number of carbonyl (C=O) groups is 2. The molecule has 190 valence electrons. The molecule has 2 amide bonds. The summed E-state index contributed by atoms with van der Waals surface area (Å²) in [5.74, 6) is -0.819. The van der Waals surface area contributed by atoms with Crippen LogP contribution in [0.15, 0.2) is 83.8 Å². The fourth-order valence-electron chi connectivity index (χ4n) is 3.66. The first kappa shape index (κ1) is 27.2. The number of rotatable bonds is 10. The molecule has 0 saturated carbocycles. The SMILES string of the molecule is CCNC(=O)C(C)N(Cc1ccccc1)C(=O)CN(c1ccc(C)cc1)S(=O)(=O)c1ccc(Cl)cc1. The standard InChI is InChI=1S/C27H30ClN3O4S/c1-4-29-27(33)21(3)30(18-22-8-6-5-7-9-22)26(32)19-31(24-14-10-20(2)11-15-24)36(34,35)25-16-12-23(28)13-17-25/h5-17,21H,4,18-19H2,1-3H3,(H,29,33). The number of aryl methyl sites for hydroxylation is 1. The van der Waals surface area contributed by atoms with E-state index in [0.717, 1.165) is 15.4 Å². The van der Waals surface area contributed by atoms with Gasteiger partial charge in [0.15, 0.2) is 0 Å². The van der Waals surface area contributed by atoms with Gasteiger partial charge in [0.1, 0.15) is 12.6 Å². The highest BCUT2D eigenvalue weighted by Gasteiger charge is 2.32. The Balaban J connectivity index is 2.01. The van der Waals surface area contributed by atoms with Crippen molar-refractivity contribution in [2.75, 3.05) is 17.4 Å². The van der Waals surface area contributed by atoms with E-state index >= 15 is 0 Å². The molecule has 7 nitrogen and oxygen atoms in total. The number of halogens is 1. The second kappa shape index (κ2) is 12.1. The minimum Gasteiger partial charge on any atom is -0.355 e. The Labute approximate surface area is 217 Å². The van der Waals surface area contributed by atoms with Crippen molar-refractivity contribution in [3.63, 3.8) is 0 Å². The maximum absolute atomic E-state index is 13.7. The van der Waals surface area contributed by atoms with Crippen LogP contribution in [0.2, 0.25) is 5.02 Å². The van der Waals surface area contributed by atoms with Gasteiger partial charge in [-0.3, -0.25) is 13.9 Å². The molecule has 0 aliphatic carbocycles. The van der Waals surface area contributed by atoms with Crippen molar-refractivity contribution in [1.29, 1.82) is 0 Å². The average Bonchev–Trinajstić information content (AvgIpc) is 2.87.